The Hall–Kier alpha value is -4.75. The van der Waals surface area contributed by atoms with Crippen LogP contribution in [0, 0.1) is 11.8 Å². The van der Waals surface area contributed by atoms with Crippen LogP contribution >= 0.6 is 0 Å². The Labute approximate surface area is 284 Å². The van der Waals surface area contributed by atoms with Crippen LogP contribution in [0.2, 0.25) is 0 Å². The molecule has 3 rings (SSSR count). The van der Waals surface area contributed by atoms with Gasteiger partial charge in [0.05, 0.1) is 6.61 Å². The number of amides is 4. The minimum absolute atomic E-state index is 0.0373. The monoisotopic (exact) mass is 688 g/mol. The van der Waals surface area contributed by atoms with Crippen LogP contribution in [-0.4, -0.2) is 90.6 Å². The number of carbonyl (C=O) groups is 5. The zero-order valence-electron chi connectivity index (χ0n) is 28.2. The van der Waals surface area contributed by atoms with Crippen LogP contribution in [0.5, 0.6) is 5.75 Å². The first-order valence-corrected chi connectivity index (χ1v) is 16.3. The van der Waals surface area contributed by atoms with E-state index in [1.165, 1.54) is 4.90 Å². The molecule has 1 fully saturated rings. The largest absolute Gasteiger partial charge is 0.482 e. The molecule has 1 heterocycles. The van der Waals surface area contributed by atoms with Crippen molar-refractivity contribution in [2.45, 2.75) is 77.4 Å². The molecule has 0 aliphatic carbocycles. The fourth-order valence-electron chi connectivity index (χ4n) is 5.46. The maximum atomic E-state index is 14.0. The highest BCUT2D eigenvalue weighted by molar-refractivity contribution is 5.94. The van der Waals surface area contributed by atoms with Crippen molar-refractivity contribution in [2.24, 2.45) is 11.8 Å². The van der Waals surface area contributed by atoms with Gasteiger partial charge in [-0.15, -0.1) is 0 Å². The summed E-state index contributed by atoms with van der Waals surface area (Å²) in [6, 6.07) is 12.1. The lowest BCUT2D eigenvalue weighted by Gasteiger charge is -2.31. The molecule has 14 heteroatoms. The van der Waals surface area contributed by atoms with Crippen molar-refractivity contribution in [1.29, 1.82) is 0 Å². The lowest BCUT2D eigenvalue weighted by Crippen LogP contribution is -2.57. The molecule has 12 nitrogen and oxygen atoms in total. The summed E-state index contributed by atoms with van der Waals surface area (Å²) in [6.07, 6.45) is -4.18. The topological polar surface area (TPSA) is 163 Å². The molecule has 49 heavy (non-hydrogen) atoms. The highest BCUT2D eigenvalue weighted by atomic mass is 19.3. The van der Waals surface area contributed by atoms with E-state index in [-0.39, 0.29) is 50.3 Å². The summed E-state index contributed by atoms with van der Waals surface area (Å²) in [5.74, 6) is -3.49. The fourth-order valence-corrected chi connectivity index (χ4v) is 5.46. The fraction of sp³-hybridized carbons (Fsp3) is 0.514. The van der Waals surface area contributed by atoms with Crippen molar-refractivity contribution in [3.05, 3.63) is 65.7 Å². The molecule has 0 unspecified atom stereocenters. The van der Waals surface area contributed by atoms with Crippen molar-refractivity contribution in [2.75, 3.05) is 26.3 Å². The number of carboxylic acids is 1. The van der Waals surface area contributed by atoms with E-state index in [4.69, 9.17) is 14.6 Å². The maximum absolute atomic E-state index is 14.0. The number of nitrogens with zero attached hydrogens (tertiary/aromatic N) is 1. The Morgan fingerprint density at radius 3 is 2.33 bits per heavy atom. The molecule has 0 aromatic heterocycles. The first-order chi connectivity index (χ1) is 23.2. The van der Waals surface area contributed by atoms with E-state index < -0.39 is 67.4 Å². The average Bonchev–Trinajstić information content (AvgIpc) is 3.51. The molecule has 2 aromatic carbocycles. The van der Waals surface area contributed by atoms with E-state index in [1.807, 2.05) is 44.2 Å². The van der Waals surface area contributed by atoms with E-state index in [0.29, 0.717) is 11.3 Å². The van der Waals surface area contributed by atoms with Crippen LogP contribution in [0.1, 0.15) is 57.6 Å². The number of carbonyl (C=O) groups excluding carboxylic acids is 4. The van der Waals surface area contributed by atoms with E-state index in [9.17, 15) is 32.8 Å². The number of rotatable bonds is 17. The van der Waals surface area contributed by atoms with E-state index in [1.54, 1.807) is 38.1 Å². The van der Waals surface area contributed by atoms with Crippen LogP contribution in [0.4, 0.5) is 13.6 Å². The third kappa shape index (κ3) is 12.3. The third-order valence-corrected chi connectivity index (χ3v) is 7.93. The smallest absolute Gasteiger partial charge is 0.407 e. The van der Waals surface area contributed by atoms with Crippen LogP contribution in [-0.2, 0) is 30.3 Å². The first-order valence-electron chi connectivity index (χ1n) is 16.3. The van der Waals surface area contributed by atoms with Crippen LogP contribution in [0.25, 0.3) is 0 Å². The lowest BCUT2D eigenvalue weighted by atomic mass is 9.96. The standard InChI is InChI=1S/C35H46F2N4O8/c1-21(2)19-49-35(47)40-31(22(3)4)34(46)41-18-25(24-10-6-5-7-11-24)16-28(41)33(45)39-27(17-29(36)37)32(44)38-14-13-23-9-8-12-26(15-23)48-20-30(42)43/h5-12,15,21-22,25,27-29,31H,13-14,16-20H2,1-4H3,(H,38,44)(H,39,45)(H,40,47)(H,42,43)/t25-,27+,28+,31+/m1/s1. The Morgan fingerprint density at radius 1 is 0.980 bits per heavy atom. The van der Waals surface area contributed by atoms with Gasteiger partial charge in [0.15, 0.2) is 6.61 Å². The minimum atomic E-state index is -2.91. The second-order valence-electron chi connectivity index (χ2n) is 12.8. The average molecular weight is 689 g/mol. The van der Waals surface area contributed by atoms with Gasteiger partial charge < -0.3 is 35.4 Å². The normalized spacial score (nSPS) is 17.0. The van der Waals surface area contributed by atoms with Gasteiger partial charge in [0.2, 0.25) is 24.1 Å². The number of ether oxygens (including phenoxy) is 2. The molecule has 1 saturated heterocycles. The van der Waals surface area contributed by atoms with Gasteiger partial charge in [0.25, 0.3) is 0 Å². The Morgan fingerprint density at radius 2 is 1.69 bits per heavy atom. The van der Waals surface area contributed by atoms with Gasteiger partial charge in [-0.25, -0.2) is 18.4 Å². The highest BCUT2D eigenvalue weighted by Gasteiger charge is 2.44. The van der Waals surface area contributed by atoms with E-state index in [0.717, 1.165) is 5.56 Å². The molecule has 4 N–H and O–H groups in total. The number of carboxylic acid groups (broad SMARTS) is 1. The van der Waals surface area contributed by atoms with Gasteiger partial charge >= 0.3 is 12.1 Å². The molecular formula is C35H46F2N4O8. The molecule has 4 atom stereocenters. The zero-order chi connectivity index (χ0) is 36.1. The molecule has 2 aromatic rings. The van der Waals surface area contributed by atoms with Gasteiger partial charge in [0, 0.05) is 25.4 Å². The number of hydrogen-bond acceptors (Lipinski definition) is 7. The SMILES string of the molecule is CC(C)COC(=O)N[C@H](C(=O)N1C[C@H](c2ccccc2)C[C@H]1C(=O)N[C@@H](CC(F)F)C(=O)NCCc1cccc(OCC(=O)O)c1)C(C)C. The first kappa shape index (κ1) is 38.7. The molecular weight excluding hydrogens is 642 g/mol. The highest BCUT2D eigenvalue weighted by Crippen LogP contribution is 2.33. The van der Waals surface area contributed by atoms with Gasteiger partial charge in [0.1, 0.15) is 23.9 Å². The Balaban J connectivity index is 1.75. The van der Waals surface area contributed by atoms with E-state index in [2.05, 4.69) is 16.0 Å². The molecule has 268 valence electrons. The number of alkyl halides is 2. The second-order valence-corrected chi connectivity index (χ2v) is 12.8. The van der Waals surface area contributed by atoms with Gasteiger partial charge in [-0.05, 0) is 47.9 Å². The summed E-state index contributed by atoms with van der Waals surface area (Å²) in [5, 5.41) is 16.5. The summed E-state index contributed by atoms with van der Waals surface area (Å²) >= 11 is 0. The Bertz CT molecular complexity index is 1430. The second kappa shape index (κ2) is 18.7. The number of hydrogen-bond donors (Lipinski definition) is 4. The van der Waals surface area contributed by atoms with Crippen LogP contribution in [0.3, 0.4) is 0 Å². The predicted molar refractivity (Wildman–Crippen MR) is 176 cm³/mol. The predicted octanol–water partition coefficient (Wildman–Crippen LogP) is 3.74. The van der Waals surface area contributed by atoms with Crippen molar-refractivity contribution in [3.63, 3.8) is 0 Å². The lowest BCUT2D eigenvalue weighted by molar-refractivity contribution is -0.141. The van der Waals surface area contributed by atoms with Gasteiger partial charge in [-0.3, -0.25) is 14.4 Å². The summed E-state index contributed by atoms with van der Waals surface area (Å²) < 4.78 is 37.7. The molecule has 0 radical (unpaired) electrons. The van der Waals surface area contributed by atoms with Crippen molar-refractivity contribution < 1.29 is 47.3 Å². The summed E-state index contributed by atoms with van der Waals surface area (Å²) in [5.41, 5.74) is 1.58. The summed E-state index contributed by atoms with van der Waals surface area (Å²) in [7, 11) is 0. The van der Waals surface area contributed by atoms with Crippen molar-refractivity contribution in [3.8, 4) is 5.75 Å². The van der Waals surface area contributed by atoms with Gasteiger partial charge in [-0.1, -0.05) is 70.2 Å². The number of benzene rings is 2. The van der Waals surface area contributed by atoms with E-state index >= 15 is 0 Å². The number of alkyl carbamates (subject to hydrolysis) is 1. The summed E-state index contributed by atoms with van der Waals surface area (Å²) in [4.78, 5) is 65.5. The van der Waals surface area contributed by atoms with Crippen molar-refractivity contribution in [1.82, 2.24) is 20.9 Å². The van der Waals surface area contributed by atoms with Crippen LogP contribution < -0.4 is 20.7 Å². The molecule has 1 aliphatic heterocycles. The maximum Gasteiger partial charge on any atom is 0.407 e. The molecule has 4 amide bonds. The molecule has 0 saturated carbocycles. The van der Waals surface area contributed by atoms with Crippen LogP contribution in [0.15, 0.2) is 54.6 Å². The summed E-state index contributed by atoms with van der Waals surface area (Å²) in [6.45, 7) is 7.03. The number of likely N-dealkylation sites (tertiary alicyclic amines) is 1. The molecule has 1 aliphatic rings. The van der Waals surface area contributed by atoms with Crippen molar-refractivity contribution >= 4 is 29.8 Å². The zero-order valence-corrected chi connectivity index (χ0v) is 28.2. The number of nitrogens with one attached hydrogen (secondary N) is 3. The molecule has 0 spiro atoms. The quantitative estimate of drug-likeness (QED) is 0.195. The number of aliphatic carboxylic acids is 1. The number of halogens is 2. The molecule has 0 bridgehead atoms. The Kier molecular flexibility index (Phi) is 14.8. The third-order valence-electron chi connectivity index (χ3n) is 7.93. The van der Waals surface area contributed by atoms with Gasteiger partial charge in [-0.2, -0.15) is 0 Å². The minimum Gasteiger partial charge on any atom is -0.482 e.